The summed E-state index contributed by atoms with van der Waals surface area (Å²) in [6.07, 6.45) is 0. The quantitative estimate of drug-likeness (QED) is 0.657. The van der Waals surface area contributed by atoms with Crippen molar-refractivity contribution in [1.82, 2.24) is 0 Å². The maximum Gasteiger partial charge on any atom is 0.293 e. The van der Waals surface area contributed by atoms with E-state index in [0.717, 1.165) is 0 Å². The number of halogens is 2. The number of carbonyl (C=O) groups excluding carboxylic acids is 1. The maximum atomic E-state index is 10.3. The van der Waals surface area contributed by atoms with Crippen molar-refractivity contribution in [3.63, 3.8) is 0 Å². The van der Waals surface area contributed by atoms with E-state index in [1.54, 1.807) is 18.2 Å². The molecule has 4 heteroatoms. The second-order valence-electron chi connectivity index (χ2n) is 2.22. The van der Waals surface area contributed by atoms with Crippen LogP contribution in [0.3, 0.4) is 0 Å². The monoisotopic (exact) mass is 213 g/mol. The van der Waals surface area contributed by atoms with E-state index in [-0.39, 0.29) is 0 Å². The minimum Gasteiger partial charge on any atom is -0.359 e. The Labute approximate surface area is 85.6 Å². The van der Waals surface area contributed by atoms with Crippen molar-refractivity contribution in [3.8, 4) is 11.8 Å². The molecule has 0 fully saturated rings. The number of nitrogens with two attached hydrogens (primary N) is 1. The smallest absolute Gasteiger partial charge is 0.293 e. The Kier molecular flexibility index (Phi) is 3.18. The number of amides is 1. The minimum absolute atomic E-state index is 0.331. The molecule has 1 aromatic carbocycles. The SMILES string of the molecule is NC(=O)C#Cc1cccc(Cl)c1Cl. The van der Waals surface area contributed by atoms with Crippen molar-refractivity contribution in [2.45, 2.75) is 0 Å². The summed E-state index contributed by atoms with van der Waals surface area (Å²) in [5, 5.41) is 0.732. The van der Waals surface area contributed by atoms with Crippen LogP contribution in [0, 0.1) is 11.8 Å². The summed E-state index contributed by atoms with van der Waals surface area (Å²) >= 11 is 11.5. The highest BCUT2D eigenvalue weighted by molar-refractivity contribution is 6.42. The lowest BCUT2D eigenvalue weighted by molar-refractivity contribution is -0.112. The van der Waals surface area contributed by atoms with Crippen LogP contribution in [0.25, 0.3) is 0 Å². The first-order valence-corrected chi connectivity index (χ1v) is 4.12. The highest BCUT2D eigenvalue weighted by atomic mass is 35.5. The predicted molar refractivity (Wildman–Crippen MR) is 52.5 cm³/mol. The number of rotatable bonds is 0. The van der Waals surface area contributed by atoms with Crippen LogP contribution < -0.4 is 5.73 Å². The maximum absolute atomic E-state index is 10.3. The molecule has 0 saturated carbocycles. The molecule has 0 aliphatic heterocycles. The normalized spacial score (nSPS) is 8.77. The molecular weight excluding hydrogens is 209 g/mol. The molecule has 2 N–H and O–H groups in total. The standard InChI is InChI=1S/C9H5Cl2NO/c10-7-3-1-2-6(9(7)11)4-5-8(12)13/h1-3H,(H2,12,13). The van der Waals surface area contributed by atoms with Crippen LogP contribution in [0.1, 0.15) is 5.56 Å². The molecule has 0 heterocycles. The predicted octanol–water partition coefficient (Wildman–Crippen LogP) is 1.83. The Bertz CT molecular complexity index is 404. The van der Waals surface area contributed by atoms with Gasteiger partial charge in [-0.2, -0.15) is 0 Å². The van der Waals surface area contributed by atoms with Crippen LogP contribution in [0.4, 0.5) is 0 Å². The molecule has 1 rings (SSSR count). The summed E-state index contributed by atoms with van der Waals surface area (Å²) in [6.45, 7) is 0. The van der Waals surface area contributed by atoms with Crippen molar-refractivity contribution in [1.29, 1.82) is 0 Å². The lowest BCUT2D eigenvalue weighted by Gasteiger charge is -1.96. The van der Waals surface area contributed by atoms with Gasteiger partial charge in [0.05, 0.1) is 10.0 Å². The molecule has 0 bridgehead atoms. The van der Waals surface area contributed by atoms with E-state index in [4.69, 9.17) is 28.9 Å². The van der Waals surface area contributed by atoms with Gasteiger partial charge < -0.3 is 5.73 Å². The Hall–Kier alpha value is -1.17. The van der Waals surface area contributed by atoms with Crippen LogP contribution in [-0.4, -0.2) is 5.91 Å². The Balaban J connectivity index is 3.11. The van der Waals surface area contributed by atoms with Crippen LogP contribution in [0.15, 0.2) is 18.2 Å². The molecule has 0 atom stereocenters. The molecule has 66 valence electrons. The van der Waals surface area contributed by atoms with Gasteiger partial charge in [-0.3, -0.25) is 4.79 Å². The second kappa shape index (κ2) is 4.18. The molecule has 0 unspecified atom stereocenters. The Morgan fingerprint density at radius 3 is 2.69 bits per heavy atom. The van der Waals surface area contributed by atoms with Gasteiger partial charge in [0.2, 0.25) is 0 Å². The molecule has 13 heavy (non-hydrogen) atoms. The molecule has 0 saturated heterocycles. The lowest BCUT2D eigenvalue weighted by Crippen LogP contribution is -2.06. The summed E-state index contributed by atoms with van der Waals surface area (Å²) < 4.78 is 0. The average Bonchev–Trinajstić information content (AvgIpc) is 2.07. The zero-order chi connectivity index (χ0) is 9.84. The van der Waals surface area contributed by atoms with Gasteiger partial charge in [-0.05, 0) is 12.1 Å². The molecule has 0 aromatic heterocycles. The van der Waals surface area contributed by atoms with Crippen molar-refractivity contribution < 1.29 is 4.79 Å². The summed E-state index contributed by atoms with van der Waals surface area (Å²) in [7, 11) is 0. The molecular formula is C9H5Cl2NO. The van der Waals surface area contributed by atoms with Gasteiger partial charge in [0, 0.05) is 11.5 Å². The largest absolute Gasteiger partial charge is 0.359 e. The van der Waals surface area contributed by atoms with E-state index >= 15 is 0 Å². The van der Waals surface area contributed by atoms with E-state index < -0.39 is 5.91 Å². The number of hydrogen-bond acceptors (Lipinski definition) is 1. The van der Waals surface area contributed by atoms with Gasteiger partial charge in [0.1, 0.15) is 0 Å². The topological polar surface area (TPSA) is 43.1 Å². The molecule has 1 aromatic rings. The number of benzene rings is 1. The third-order valence-electron chi connectivity index (χ3n) is 1.27. The second-order valence-corrected chi connectivity index (χ2v) is 3.00. The van der Waals surface area contributed by atoms with E-state index in [1.807, 2.05) is 0 Å². The molecule has 0 spiro atoms. The lowest BCUT2D eigenvalue weighted by atomic mass is 10.2. The van der Waals surface area contributed by atoms with Crippen molar-refractivity contribution in [2.24, 2.45) is 5.73 Å². The fourth-order valence-electron chi connectivity index (χ4n) is 0.729. The van der Waals surface area contributed by atoms with E-state index in [2.05, 4.69) is 11.8 Å². The van der Waals surface area contributed by atoms with Gasteiger partial charge in [-0.1, -0.05) is 35.2 Å². The highest BCUT2D eigenvalue weighted by Gasteiger charge is 2.00. The van der Waals surface area contributed by atoms with Crippen molar-refractivity contribution in [2.75, 3.05) is 0 Å². The van der Waals surface area contributed by atoms with Gasteiger partial charge in [0.15, 0.2) is 0 Å². The third-order valence-corrected chi connectivity index (χ3v) is 2.09. The number of carbonyl (C=O) groups is 1. The first-order valence-electron chi connectivity index (χ1n) is 3.36. The van der Waals surface area contributed by atoms with E-state index in [0.29, 0.717) is 15.6 Å². The molecule has 1 amide bonds. The molecule has 2 nitrogen and oxygen atoms in total. The van der Waals surface area contributed by atoms with Crippen LogP contribution in [0.5, 0.6) is 0 Å². The highest BCUT2D eigenvalue weighted by Crippen LogP contribution is 2.24. The van der Waals surface area contributed by atoms with E-state index in [9.17, 15) is 4.79 Å². The first-order chi connectivity index (χ1) is 6.11. The van der Waals surface area contributed by atoms with Crippen LogP contribution >= 0.6 is 23.2 Å². The summed E-state index contributed by atoms with van der Waals surface area (Å²) in [5.74, 6) is 3.99. The van der Waals surface area contributed by atoms with Gasteiger partial charge in [-0.15, -0.1) is 0 Å². The Morgan fingerprint density at radius 2 is 2.08 bits per heavy atom. The van der Waals surface area contributed by atoms with E-state index in [1.165, 1.54) is 0 Å². The minimum atomic E-state index is -0.698. The zero-order valence-electron chi connectivity index (χ0n) is 6.47. The fourth-order valence-corrected chi connectivity index (χ4v) is 1.08. The third kappa shape index (κ3) is 2.66. The Morgan fingerprint density at radius 1 is 1.38 bits per heavy atom. The van der Waals surface area contributed by atoms with Crippen LogP contribution in [0.2, 0.25) is 10.0 Å². The fraction of sp³-hybridized carbons (Fsp3) is 0. The molecule has 0 aliphatic rings. The summed E-state index contributed by atoms with van der Waals surface area (Å²) in [4.78, 5) is 10.3. The average molecular weight is 214 g/mol. The van der Waals surface area contributed by atoms with Gasteiger partial charge in [0.25, 0.3) is 5.91 Å². The number of hydrogen-bond donors (Lipinski definition) is 1. The summed E-state index contributed by atoms with van der Waals surface area (Å²) in [6, 6.07) is 4.99. The zero-order valence-corrected chi connectivity index (χ0v) is 7.99. The molecule has 0 radical (unpaired) electrons. The van der Waals surface area contributed by atoms with Crippen LogP contribution in [-0.2, 0) is 4.79 Å². The van der Waals surface area contributed by atoms with Crippen molar-refractivity contribution in [3.05, 3.63) is 33.8 Å². The summed E-state index contributed by atoms with van der Waals surface area (Å²) in [5.41, 5.74) is 5.33. The molecule has 0 aliphatic carbocycles. The van der Waals surface area contributed by atoms with Gasteiger partial charge in [-0.25, -0.2) is 0 Å². The number of primary amides is 1. The van der Waals surface area contributed by atoms with Gasteiger partial charge >= 0.3 is 0 Å². The van der Waals surface area contributed by atoms with Crippen molar-refractivity contribution >= 4 is 29.1 Å². The first kappa shape index (κ1) is 9.91.